The largest absolute Gasteiger partial charge is 0.462 e. The SMILES string of the molecule is Cc1ncsc1CCN(C)Cc1ccc(CO)o1. The van der Waals surface area contributed by atoms with E-state index >= 15 is 0 Å². The molecule has 1 N–H and O–H groups in total. The molecule has 2 rings (SSSR count). The molecule has 0 saturated heterocycles. The summed E-state index contributed by atoms with van der Waals surface area (Å²) in [4.78, 5) is 7.80. The first-order valence-electron chi connectivity index (χ1n) is 5.95. The van der Waals surface area contributed by atoms with Crippen molar-refractivity contribution in [1.82, 2.24) is 9.88 Å². The Morgan fingerprint density at radius 1 is 1.39 bits per heavy atom. The lowest BCUT2D eigenvalue weighted by Gasteiger charge is -2.14. The third-order valence-electron chi connectivity index (χ3n) is 2.86. The normalized spacial score (nSPS) is 11.3. The van der Waals surface area contributed by atoms with Crippen LogP contribution in [0.15, 0.2) is 22.1 Å². The van der Waals surface area contributed by atoms with Crippen LogP contribution in [0.5, 0.6) is 0 Å². The van der Waals surface area contributed by atoms with Gasteiger partial charge in [-0.05, 0) is 32.5 Å². The van der Waals surface area contributed by atoms with Gasteiger partial charge in [-0.2, -0.15) is 0 Å². The minimum absolute atomic E-state index is 0.0379. The first-order valence-corrected chi connectivity index (χ1v) is 6.83. The standard InChI is InChI=1S/C13H18N2O2S/c1-10-13(18-9-14-10)5-6-15(2)7-11-3-4-12(8-16)17-11/h3-4,9,16H,5-8H2,1-2H3. The minimum atomic E-state index is -0.0379. The molecule has 2 aromatic rings. The number of thiazole rings is 1. The summed E-state index contributed by atoms with van der Waals surface area (Å²) in [5.41, 5.74) is 3.03. The maximum Gasteiger partial charge on any atom is 0.129 e. The molecule has 4 nitrogen and oxygen atoms in total. The summed E-state index contributed by atoms with van der Waals surface area (Å²) in [7, 11) is 2.07. The second-order valence-corrected chi connectivity index (χ2v) is 5.31. The van der Waals surface area contributed by atoms with E-state index in [0.717, 1.165) is 31.0 Å². The molecule has 2 heterocycles. The Labute approximate surface area is 111 Å². The molecule has 0 aliphatic heterocycles. The van der Waals surface area contributed by atoms with Crippen LogP contribution in [-0.2, 0) is 19.6 Å². The molecule has 0 amide bonds. The van der Waals surface area contributed by atoms with Crippen LogP contribution in [0.1, 0.15) is 22.1 Å². The van der Waals surface area contributed by atoms with Gasteiger partial charge in [0, 0.05) is 11.4 Å². The van der Waals surface area contributed by atoms with Gasteiger partial charge in [0.15, 0.2) is 0 Å². The van der Waals surface area contributed by atoms with Crippen molar-refractivity contribution >= 4 is 11.3 Å². The van der Waals surface area contributed by atoms with Gasteiger partial charge in [0.1, 0.15) is 18.1 Å². The average molecular weight is 266 g/mol. The van der Waals surface area contributed by atoms with Gasteiger partial charge < -0.3 is 9.52 Å². The molecule has 0 aliphatic carbocycles. The maximum atomic E-state index is 8.93. The van der Waals surface area contributed by atoms with Gasteiger partial charge in [0.25, 0.3) is 0 Å². The Kier molecular flexibility index (Phi) is 4.52. The molecule has 0 bridgehead atoms. The van der Waals surface area contributed by atoms with Crippen molar-refractivity contribution in [3.8, 4) is 0 Å². The molecule has 0 radical (unpaired) electrons. The average Bonchev–Trinajstić information content (AvgIpc) is 2.96. The van der Waals surface area contributed by atoms with Crippen molar-refractivity contribution in [2.45, 2.75) is 26.5 Å². The van der Waals surface area contributed by atoms with Gasteiger partial charge in [-0.1, -0.05) is 0 Å². The van der Waals surface area contributed by atoms with Crippen molar-refractivity contribution in [2.75, 3.05) is 13.6 Å². The summed E-state index contributed by atoms with van der Waals surface area (Å²) in [5, 5.41) is 8.93. The molecular weight excluding hydrogens is 248 g/mol. The fourth-order valence-corrected chi connectivity index (χ4v) is 2.57. The molecule has 0 atom stereocenters. The molecular formula is C13H18N2O2S. The third kappa shape index (κ3) is 3.41. The van der Waals surface area contributed by atoms with E-state index < -0.39 is 0 Å². The number of rotatable bonds is 6. The number of aliphatic hydroxyl groups excluding tert-OH is 1. The lowest BCUT2D eigenvalue weighted by Crippen LogP contribution is -2.20. The summed E-state index contributed by atoms with van der Waals surface area (Å²) < 4.78 is 5.46. The van der Waals surface area contributed by atoms with Crippen LogP contribution in [0.25, 0.3) is 0 Å². The first-order chi connectivity index (χ1) is 8.69. The van der Waals surface area contributed by atoms with Crippen LogP contribution >= 0.6 is 11.3 Å². The number of aromatic nitrogens is 1. The van der Waals surface area contributed by atoms with Crippen LogP contribution in [-0.4, -0.2) is 28.6 Å². The monoisotopic (exact) mass is 266 g/mol. The van der Waals surface area contributed by atoms with Gasteiger partial charge in [-0.3, -0.25) is 4.90 Å². The highest BCUT2D eigenvalue weighted by Crippen LogP contribution is 2.14. The first kappa shape index (κ1) is 13.3. The van der Waals surface area contributed by atoms with Crippen molar-refractivity contribution in [2.24, 2.45) is 0 Å². The lowest BCUT2D eigenvalue weighted by atomic mass is 10.3. The number of aliphatic hydroxyl groups is 1. The summed E-state index contributed by atoms with van der Waals surface area (Å²) in [6.07, 6.45) is 1.01. The molecule has 0 fully saturated rings. The highest BCUT2D eigenvalue weighted by molar-refractivity contribution is 7.09. The summed E-state index contributed by atoms with van der Waals surface area (Å²) in [6, 6.07) is 3.73. The van der Waals surface area contributed by atoms with Gasteiger partial charge in [-0.15, -0.1) is 11.3 Å². The topological polar surface area (TPSA) is 49.5 Å². The number of hydrogen-bond donors (Lipinski definition) is 1. The van der Waals surface area contributed by atoms with Crippen molar-refractivity contribution < 1.29 is 9.52 Å². The predicted octanol–water partition coefficient (Wildman–Crippen LogP) is 2.21. The second kappa shape index (κ2) is 6.13. The molecule has 5 heteroatoms. The Hall–Kier alpha value is -1.17. The second-order valence-electron chi connectivity index (χ2n) is 4.37. The molecule has 0 aliphatic rings. The van der Waals surface area contributed by atoms with Crippen molar-refractivity contribution in [3.63, 3.8) is 0 Å². The van der Waals surface area contributed by atoms with Crippen LogP contribution in [0.4, 0.5) is 0 Å². The molecule has 0 unspecified atom stereocenters. The zero-order valence-electron chi connectivity index (χ0n) is 10.7. The van der Waals surface area contributed by atoms with Gasteiger partial charge in [0.2, 0.25) is 0 Å². The van der Waals surface area contributed by atoms with E-state index in [1.165, 1.54) is 4.88 Å². The van der Waals surface area contributed by atoms with Crippen LogP contribution in [0.3, 0.4) is 0 Å². The number of nitrogens with zero attached hydrogens (tertiary/aromatic N) is 2. The number of hydrogen-bond acceptors (Lipinski definition) is 5. The Morgan fingerprint density at radius 2 is 2.17 bits per heavy atom. The molecule has 18 heavy (non-hydrogen) atoms. The molecule has 0 aromatic carbocycles. The highest BCUT2D eigenvalue weighted by atomic mass is 32.1. The number of furan rings is 1. The fourth-order valence-electron chi connectivity index (χ4n) is 1.80. The smallest absolute Gasteiger partial charge is 0.129 e. The van der Waals surface area contributed by atoms with Crippen molar-refractivity contribution in [3.05, 3.63) is 39.7 Å². The van der Waals surface area contributed by atoms with Gasteiger partial charge >= 0.3 is 0 Å². The van der Waals surface area contributed by atoms with Gasteiger partial charge in [0.05, 0.1) is 17.7 Å². The van der Waals surface area contributed by atoms with Crippen LogP contribution in [0, 0.1) is 6.92 Å². The Balaban J connectivity index is 1.81. The quantitative estimate of drug-likeness (QED) is 0.871. The Bertz CT molecular complexity index is 493. The molecule has 98 valence electrons. The summed E-state index contributed by atoms with van der Waals surface area (Å²) in [6.45, 7) is 3.74. The van der Waals surface area contributed by atoms with E-state index in [1.54, 1.807) is 11.3 Å². The summed E-state index contributed by atoms with van der Waals surface area (Å²) >= 11 is 1.71. The number of aryl methyl sites for hydroxylation is 1. The minimum Gasteiger partial charge on any atom is -0.462 e. The highest BCUT2D eigenvalue weighted by Gasteiger charge is 2.07. The van der Waals surface area contributed by atoms with E-state index in [-0.39, 0.29) is 6.61 Å². The molecule has 2 aromatic heterocycles. The van der Waals surface area contributed by atoms with Crippen molar-refractivity contribution in [1.29, 1.82) is 0 Å². The fraction of sp³-hybridized carbons (Fsp3) is 0.462. The van der Waals surface area contributed by atoms with E-state index in [2.05, 4.69) is 16.9 Å². The zero-order chi connectivity index (χ0) is 13.0. The maximum absolute atomic E-state index is 8.93. The van der Waals surface area contributed by atoms with Gasteiger partial charge in [-0.25, -0.2) is 4.98 Å². The zero-order valence-corrected chi connectivity index (χ0v) is 11.5. The van der Waals surface area contributed by atoms with E-state index in [4.69, 9.17) is 9.52 Å². The lowest BCUT2D eigenvalue weighted by molar-refractivity contribution is 0.233. The van der Waals surface area contributed by atoms with Crippen LogP contribution in [0.2, 0.25) is 0 Å². The third-order valence-corrected chi connectivity index (χ3v) is 3.86. The molecule has 0 spiro atoms. The number of likely N-dealkylation sites (N-methyl/N-ethyl adjacent to an activating group) is 1. The predicted molar refractivity (Wildman–Crippen MR) is 71.5 cm³/mol. The van der Waals surface area contributed by atoms with E-state index in [0.29, 0.717) is 5.76 Å². The van der Waals surface area contributed by atoms with Crippen LogP contribution < -0.4 is 0 Å². The van der Waals surface area contributed by atoms with E-state index in [1.807, 2.05) is 24.6 Å². The Morgan fingerprint density at radius 3 is 2.78 bits per heavy atom. The summed E-state index contributed by atoms with van der Waals surface area (Å²) in [5.74, 6) is 1.51. The molecule has 0 saturated carbocycles. The van der Waals surface area contributed by atoms with E-state index in [9.17, 15) is 0 Å².